The summed E-state index contributed by atoms with van der Waals surface area (Å²) in [5.41, 5.74) is -0.659. The monoisotopic (exact) mass is 369 g/mol. The van der Waals surface area contributed by atoms with Crippen molar-refractivity contribution in [1.82, 2.24) is 14.7 Å². The van der Waals surface area contributed by atoms with Crippen molar-refractivity contribution < 1.29 is 32.6 Å². The van der Waals surface area contributed by atoms with Gasteiger partial charge in [0.15, 0.2) is 11.8 Å². The fraction of sp³-hybridized carbons (Fsp3) is 0.312. The van der Waals surface area contributed by atoms with Gasteiger partial charge in [-0.3, -0.25) is 4.79 Å². The molecular formula is C16H14F3N3O4. The molecule has 1 fully saturated rings. The normalized spacial score (nSPS) is 18.0. The maximum absolute atomic E-state index is 12.8. The number of carbonyl (C=O) groups excluding carboxylic acids is 1. The minimum Gasteiger partial charge on any atom is -0.479 e. The summed E-state index contributed by atoms with van der Waals surface area (Å²) in [6.45, 7) is 0.167. The molecule has 2 aromatic rings. The summed E-state index contributed by atoms with van der Waals surface area (Å²) in [5.74, 6) is -1.68. The standard InChI is InChI=1S/C16H14F3N3O4/c17-16(18,19)10-2-1-3-11(8-10)22-5-4-12(20-22)14(23)21-6-7-26-13(9-21)15(24)25/h1-5,8,13H,6-7,9H2,(H,24,25)/t13-/m1/s1. The third-order valence-corrected chi connectivity index (χ3v) is 3.88. The van der Waals surface area contributed by atoms with E-state index in [4.69, 9.17) is 9.84 Å². The van der Waals surface area contributed by atoms with E-state index in [2.05, 4.69) is 5.10 Å². The molecule has 1 aromatic carbocycles. The summed E-state index contributed by atoms with van der Waals surface area (Å²) in [6, 6.07) is 5.93. The van der Waals surface area contributed by atoms with E-state index in [-0.39, 0.29) is 31.1 Å². The van der Waals surface area contributed by atoms with Crippen molar-refractivity contribution >= 4 is 11.9 Å². The summed E-state index contributed by atoms with van der Waals surface area (Å²) in [6.07, 6.45) is -4.22. The van der Waals surface area contributed by atoms with E-state index < -0.39 is 29.7 Å². The van der Waals surface area contributed by atoms with Crippen LogP contribution in [0.5, 0.6) is 0 Å². The van der Waals surface area contributed by atoms with Crippen LogP contribution in [0.25, 0.3) is 5.69 Å². The van der Waals surface area contributed by atoms with E-state index in [0.29, 0.717) is 0 Å². The molecule has 0 spiro atoms. The number of aromatic nitrogens is 2. The van der Waals surface area contributed by atoms with Crippen molar-refractivity contribution in [3.63, 3.8) is 0 Å². The largest absolute Gasteiger partial charge is 0.479 e. The molecule has 1 atom stereocenters. The van der Waals surface area contributed by atoms with Gasteiger partial charge in [0, 0.05) is 12.7 Å². The first-order valence-electron chi connectivity index (χ1n) is 7.62. The van der Waals surface area contributed by atoms with Crippen molar-refractivity contribution in [3.8, 4) is 5.69 Å². The predicted molar refractivity (Wildman–Crippen MR) is 81.8 cm³/mol. The lowest BCUT2D eigenvalue weighted by molar-refractivity contribution is -0.154. The fourth-order valence-electron chi connectivity index (χ4n) is 2.55. The first-order chi connectivity index (χ1) is 12.3. The number of benzene rings is 1. The Hall–Kier alpha value is -2.88. The van der Waals surface area contributed by atoms with Crippen molar-refractivity contribution in [2.75, 3.05) is 19.7 Å². The highest BCUT2D eigenvalue weighted by molar-refractivity contribution is 5.92. The van der Waals surface area contributed by atoms with E-state index in [9.17, 15) is 22.8 Å². The van der Waals surface area contributed by atoms with Gasteiger partial charge in [0.1, 0.15) is 0 Å². The number of halogens is 3. The van der Waals surface area contributed by atoms with Crippen LogP contribution in [0, 0.1) is 0 Å². The minimum atomic E-state index is -4.48. The van der Waals surface area contributed by atoms with Crippen LogP contribution in [0.2, 0.25) is 0 Å². The SMILES string of the molecule is O=C(O)[C@H]1CN(C(=O)c2ccn(-c3cccc(C(F)(F)F)c3)n2)CCO1. The van der Waals surface area contributed by atoms with Crippen LogP contribution >= 0.6 is 0 Å². The number of hydrogen-bond acceptors (Lipinski definition) is 4. The molecule has 1 N–H and O–H groups in total. The lowest BCUT2D eigenvalue weighted by Crippen LogP contribution is -2.48. The van der Waals surface area contributed by atoms with Crippen LogP contribution < -0.4 is 0 Å². The van der Waals surface area contributed by atoms with Crippen LogP contribution in [0.15, 0.2) is 36.5 Å². The molecular weight excluding hydrogens is 355 g/mol. The summed E-state index contributed by atoms with van der Waals surface area (Å²) in [4.78, 5) is 24.7. The predicted octanol–water partition coefficient (Wildman–Crippen LogP) is 1.82. The van der Waals surface area contributed by atoms with Crippen LogP contribution in [-0.4, -0.2) is 57.5 Å². The van der Waals surface area contributed by atoms with E-state index in [1.54, 1.807) is 0 Å². The molecule has 10 heteroatoms. The highest BCUT2D eigenvalue weighted by Crippen LogP contribution is 2.30. The van der Waals surface area contributed by atoms with E-state index in [1.165, 1.54) is 29.3 Å². The molecule has 7 nitrogen and oxygen atoms in total. The molecule has 3 rings (SSSR count). The van der Waals surface area contributed by atoms with Crippen LogP contribution in [-0.2, 0) is 15.7 Å². The van der Waals surface area contributed by atoms with Gasteiger partial charge in [0.05, 0.1) is 24.4 Å². The number of carboxylic acids is 1. The summed E-state index contributed by atoms with van der Waals surface area (Å²) < 4.78 is 44.6. The maximum atomic E-state index is 12.8. The number of carboxylic acid groups (broad SMARTS) is 1. The van der Waals surface area contributed by atoms with E-state index >= 15 is 0 Å². The van der Waals surface area contributed by atoms with Gasteiger partial charge in [-0.25, -0.2) is 9.48 Å². The third-order valence-electron chi connectivity index (χ3n) is 3.88. The maximum Gasteiger partial charge on any atom is 0.416 e. The second kappa shape index (κ2) is 6.79. The number of nitrogens with zero attached hydrogens (tertiary/aromatic N) is 3. The highest BCUT2D eigenvalue weighted by atomic mass is 19.4. The lowest BCUT2D eigenvalue weighted by Gasteiger charge is -2.30. The zero-order valence-electron chi connectivity index (χ0n) is 13.3. The van der Waals surface area contributed by atoms with Gasteiger partial charge >= 0.3 is 12.1 Å². The second-order valence-electron chi connectivity index (χ2n) is 5.64. The Morgan fingerprint density at radius 2 is 2.04 bits per heavy atom. The van der Waals surface area contributed by atoms with Crippen molar-refractivity contribution in [3.05, 3.63) is 47.8 Å². The second-order valence-corrected chi connectivity index (χ2v) is 5.64. The smallest absolute Gasteiger partial charge is 0.416 e. The molecule has 1 amide bonds. The molecule has 0 unspecified atom stereocenters. The number of morpholine rings is 1. The molecule has 1 saturated heterocycles. The van der Waals surface area contributed by atoms with Gasteiger partial charge in [-0.1, -0.05) is 6.07 Å². The molecule has 0 bridgehead atoms. The Morgan fingerprint density at radius 3 is 2.73 bits per heavy atom. The molecule has 0 aliphatic carbocycles. The highest BCUT2D eigenvalue weighted by Gasteiger charge is 2.31. The first-order valence-corrected chi connectivity index (χ1v) is 7.62. The topological polar surface area (TPSA) is 84.7 Å². The number of rotatable bonds is 3. The molecule has 1 aromatic heterocycles. The number of aliphatic carboxylic acids is 1. The van der Waals surface area contributed by atoms with Crippen LogP contribution in [0.1, 0.15) is 16.1 Å². The van der Waals surface area contributed by atoms with Crippen molar-refractivity contribution in [2.45, 2.75) is 12.3 Å². The number of amides is 1. The van der Waals surface area contributed by atoms with Gasteiger partial charge < -0.3 is 14.7 Å². The zero-order chi connectivity index (χ0) is 18.9. The Kier molecular flexibility index (Phi) is 4.68. The summed E-state index contributed by atoms with van der Waals surface area (Å²) in [5, 5.41) is 13.0. The lowest BCUT2D eigenvalue weighted by atomic mass is 10.2. The molecule has 0 radical (unpaired) electrons. The van der Waals surface area contributed by atoms with Gasteiger partial charge in [0.25, 0.3) is 5.91 Å². The quantitative estimate of drug-likeness (QED) is 0.892. The Labute approximate surface area is 145 Å². The Morgan fingerprint density at radius 1 is 1.27 bits per heavy atom. The van der Waals surface area contributed by atoms with Gasteiger partial charge in [0.2, 0.25) is 0 Å². The summed E-state index contributed by atoms with van der Waals surface area (Å²) >= 11 is 0. The number of carbonyl (C=O) groups is 2. The Balaban J connectivity index is 1.80. The van der Waals surface area contributed by atoms with Crippen LogP contribution in [0.4, 0.5) is 13.2 Å². The number of alkyl halides is 3. The molecule has 138 valence electrons. The summed E-state index contributed by atoms with van der Waals surface area (Å²) in [7, 11) is 0. The minimum absolute atomic E-state index is 0.00782. The van der Waals surface area contributed by atoms with Gasteiger partial charge in [-0.05, 0) is 24.3 Å². The average molecular weight is 369 g/mol. The Bertz CT molecular complexity index is 834. The van der Waals surface area contributed by atoms with E-state index in [0.717, 1.165) is 16.8 Å². The number of ether oxygens (including phenoxy) is 1. The van der Waals surface area contributed by atoms with Crippen molar-refractivity contribution in [1.29, 1.82) is 0 Å². The fourth-order valence-corrected chi connectivity index (χ4v) is 2.55. The third kappa shape index (κ3) is 3.69. The van der Waals surface area contributed by atoms with Crippen LogP contribution in [0.3, 0.4) is 0 Å². The first kappa shape index (κ1) is 17.9. The molecule has 26 heavy (non-hydrogen) atoms. The molecule has 1 aliphatic rings. The number of hydrogen-bond donors (Lipinski definition) is 1. The van der Waals surface area contributed by atoms with Gasteiger partial charge in [-0.2, -0.15) is 18.3 Å². The average Bonchev–Trinajstić information content (AvgIpc) is 3.10. The van der Waals surface area contributed by atoms with E-state index in [1.807, 2.05) is 0 Å². The molecule has 0 saturated carbocycles. The molecule has 1 aliphatic heterocycles. The molecule has 2 heterocycles. The van der Waals surface area contributed by atoms with Crippen molar-refractivity contribution in [2.24, 2.45) is 0 Å². The zero-order valence-corrected chi connectivity index (χ0v) is 13.3. The van der Waals surface area contributed by atoms with Gasteiger partial charge in [-0.15, -0.1) is 0 Å².